The molecule has 0 unspecified atom stereocenters. The second-order valence-corrected chi connectivity index (χ2v) is 40.3. The van der Waals surface area contributed by atoms with Crippen LogP contribution in [-0.2, 0) is 123 Å². The Hall–Kier alpha value is -9.34. The monoisotopic (exact) mass is 2140 g/mol. The molecule has 5 aliphatic heterocycles. The molecule has 5 aromatic carbocycles. The van der Waals surface area contributed by atoms with E-state index in [0.29, 0.717) is 88.5 Å². The van der Waals surface area contributed by atoms with E-state index in [9.17, 15) is 52.7 Å². The fourth-order valence-corrected chi connectivity index (χ4v) is 15.3. The number of carbonyl (C=O) groups excluding carboxylic acids is 12. The number of alkyl carbamates (subject to hydrolysis) is 4. The van der Waals surface area contributed by atoms with Crippen LogP contribution in [0.15, 0.2) is 152 Å². The van der Waals surface area contributed by atoms with Crippen molar-refractivity contribution in [1.82, 2.24) is 51.4 Å². The number of amides is 7. The Morgan fingerprint density at radius 3 is 0.933 bits per heavy atom. The maximum atomic E-state index is 12.7. The van der Waals surface area contributed by atoms with Crippen LogP contribution in [0.5, 0.6) is 0 Å². The van der Waals surface area contributed by atoms with Gasteiger partial charge in [-0.1, -0.05) is 159 Å². The Bertz CT molecular complexity index is 4230. The van der Waals surface area contributed by atoms with Crippen LogP contribution in [0, 0.1) is 17.8 Å². The van der Waals surface area contributed by atoms with Gasteiger partial charge in [-0.15, -0.1) is 24.8 Å². The number of carbonyl (C=O) groups is 12. The molecule has 5 N–H and O–H groups in total. The van der Waals surface area contributed by atoms with Crippen molar-refractivity contribution in [3.8, 4) is 0 Å². The van der Waals surface area contributed by atoms with Crippen LogP contribution in [0.3, 0.4) is 0 Å². The number of nitrogens with one attached hydrogen (secondary N) is 5. The Morgan fingerprint density at radius 2 is 0.691 bits per heavy atom. The molecule has 0 spiro atoms. The Morgan fingerprint density at radius 1 is 0.423 bits per heavy atom. The Labute approximate surface area is 925 Å². The van der Waals surface area contributed by atoms with Gasteiger partial charge in [0.25, 0.3) is 0 Å². The smallest absolute Gasteiger partial charge is 0.550 e. The number of hydrogen-bond acceptors (Lipinski definition) is 27. The van der Waals surface area contributed by atoms with Gasteiger partial charge >= 0.3 is 65.9 Å². The first-order valence-corrected chi connectivity index (χ1v) is 51.1. The van der Waals surface area contributed by atoms with E-state index in [1.807, 2.05) is 196 Å². The zero-order chi connectivity index (χ0) is 108. The van der Waals surface area contributed by atoms with Gasteiger partial charge in [0, 0.05) is 190 Å². The van der Waals surface area contributed by atoms with Gasteiger partial charge in [0.05, 0.1) is 14.2 Å². The summed E-state index contributed by atoms with van der Waals surface area (Å²) in [6.07, 6.45) is 16.4. The standard InChI is InChI=1S/2C26H41N3O4.C18H28N2O4.C16H23NO3.C13H18O.C4H6O4.C4H8O.C2H7NO.C2H4O2.B.2ClH.Na/c2*1-26(2,3)33-25(31)27-23(20-21-8-5-4-6-9-21)10-7-13-28-14-16-29(17-15-28)24(30)22-11-18-32-19-12-22;1-18(2,3)24-17(22)19-15(11-12-16(21)20(4)23-5)13-14-9-7-6-8-10-14;1-16(2,3)20-15(19)17-14(10-7-11-18)12-13-8-5-4-6-9-13;1-11(8-9-12(2)14)10-13-6-4-3-5-7-13;1-3(5)7-8-4(2)6;1-2-4-5-3-1;1-3-4-2;1-2(3)4;;;;/h2*4-6,8-9,22-23H,7,10-20H2,1-3H3,(H,27,31);6-10,15H,11-13H2,1-5H3,(H,19,22);4-6,8-9,11,14H,7,10,12H2,1-3H3,(H,17,19);3-7,11H,8-10H2,1-2H3;1-2H3;1-4H2;3H,1-2H3;1H3,(H,3,4);;2*1H;/q;;;;;;;;;;;;+1/p-1/t2*23-;15-;14-;11-;;;;;;;;/m00000......../s1. The van der Waals surface area contributed by atoms with Crippen molar-refractivity contribution < 1.29 is 145 Å². The minimum Gasteiger partial charge on any atom is -0.550 e. The number of nitrogens with zero attached hydrogens (tertiary/aromatic N) is 5. The van der Waals surface area contributed by atoms with Crippen LogP contribution in [-0.4, -0.2) is 285 Å². The molecule has 7 amide bonds. The number of carboxylic acid groups (broad SMARTS) is 1. The van der Waals surface area contributed by atoms with Crippen molar-refractivity contribution >= 4 is 105 Å². The van der Waals surface area contributed by atoms with Crippen LogP contribution in [0.1, 0.15) is 248 Å². The van der Waals surface area contributed by atoms with Crippen molar-refractivity contribution in [2.24, 2.45) is 17.8 Å². The zero-order valence-corrected chi connectivity index (χ0v) is 96.8. The maximum Gasteiger partial charge on any atom is 1.00 e. The third-order valence-corrected chi connectivity index (χ3v) is 22.4. The van der Waals surface area contributed by atoms with Gasteiger partial charge in [-0.05, 0) is 259 Å². The number of rotatable bonds is 35. The van der Waals surface area contributed by atoms with Crippen LogP contribution in [0.2, 0.25) is 0 Å². The van der Waals surface area contributed by atoms with Gasteiger partial charge in [0.15, 0.2) is 0 Å². The van der Waals surface area contributed by atoms with E-state index in [1.165, 1.54) is 41.7 Å². The van der Waals surface area contributed by atoms with E-state index >= 15 is 0 Å². The molecule has 5 fully saturated rings. The Balaban J connectivity index is -0.00000172. The SMILES string of the molecule is C1CCOC1.CC(=O)CC[C@H](C)Cc1ccccc1.CC(=O)OOC(C)=O.CC(=O)[O-].CC(C)(C)OC(=O)N[C@@H](CCC=O)Cc1ccccc1.CC(C)(C)OC(=O)N[C@@H](CCCN1CCN(C(=O)C2CCOCC2)CC1)Cc1ccccc1.CC(C)(C)OC(=O)N[C@@H](CCCN1CCN(C(=O)C2CCOCC2)CC1)Cc1ccccc1.CNOC.CON(C)C(=O)CC[C@@H](Cc1ccccc1)NC(=O)OC(C)(C)C.Cl.Cl.[B].[Na+]. The number of carboxylic acids is 1. The summed E-state index contributed by atoms with van der Waals surface area (Å²) in [5.41, 5.74) is 6.32. The summed E-state index contributed by atoms with van der Waals surface area (Å²) in [6.45, 7) is 43.0. The number of aldehydes is 1. The van der Waals surface area contributed by atoms with Crippen LogP contribution in [0.25, 0.3) is 0 Å². The molecule has 5 aromatic rings. The summed E-state index contributed by atoms with van der Waals surface area (Å²) >= 11 is 0. The van der Waals surface area contributed by atoms with E-state index in [-0.39, 0.29) is 123 Å². The second kappa shape index (κ2) is 83.3. The topological polar surface area (TPSA) is 406 Å². The van der Waals surface area contributed by atoms with Gasteiger partial charge in [0.1, 0.15) is 34.5 Å². The third-order valence-electron chi connectivity index (χ3n) is 22.4. The molecule has 34 nitrogen and oxygen atoms in total. The summed E-state index contributed by atoms with van der Waals surface area (Å²) in [7, 11) is 6.29. The molecule has 5 atom stereocenters. The van der Waals surface area contributed by atoms with Crippen molar-refractivity contribution in [2.75, 3.05) is 133 Å². The van der Waals surface area contributed by atoms with Crippen molar-refractivity contribution in [1.29, 1.82) is 0 Å². The van der Waals surface area contributed by atoms with E-state index in [2.05, 4.69) is 107 Å². The van der Waals surface area contributed by atoms with Crippen molar-refractivity contribution in [3.63, 3.8) is 0 Å². The molecule has 0 saturated carbocycles. The number of aliphatic carboxylic acids is 1. The number of ketones is 1. The summed E-state index contributed by atoms with van der Waals surface area (Å²) in [4.78, 5) is 162. The predicted octanol–water partition coefficient (Wildman–Crippen LogP) is 13.0. The number of hydroxylamine groups is 3. The van der Waals surface area contributed by atoms with E-state index in [4.69, 9.17) is 47.9 Å². The fourth-order valence-electron chi connectivity index (χ4n) is 15.3. The van der Waals surface area contributed by atoms with Gasteiger partial charge in [0.2, 0.25) is 17.7 Å². The maximum absolute atomic E-state index is 12.7. The molecule has 38 heteroatoms. The third kappa shape index (κ3) is 78.5. The van der Waals surface area contributed by atoms with Gasteiger partial charge in [-0.25, -0.2) is 49.1 Å². The summed E-state index contributed by atoms with van der Waals surface area (Å²) in [5.74, 6) is -0.705. The average Bonchev–Trinajstić information content (AvgIpc) is 1.25. The first-order chi connectivity index (χ1) is 68.7. The largest absolute Gasteiger partial charge is 1.00 e. The van der Waals surface area contributed by atoms with E-state index < -0.39 is 52.5 Å². The molecular weight excluding hydrogens is 1960 g/mol. The summed E-state index contributed by atoms with van der Waals surface area (Å²) < 4.78 is 37.2. The molecule has 3 radical (unpaired) electrons. The average molecular weight is 2140 g/mol. The molecule has 5 aliphatic rings. The summed E-state index contributed by atoms with van der Waals surface area (Å²) in [6, 6.07) is 50.4. The minimum absolute atomic E-state index is 0. The molecule has 5 heterocycles. The molecule has 833 valence electrons. The second-order valence-electron chi connectivity index (χ2n) is 40.3. The summed E-state index contributed by atoms with van der Waals surface area (Å²) in [5, 5.41) is 21.9. The Kier molecular flexibility index (Phi) is 80.3. The van der Waals surface area contributed by atoms with Crippen LogP contribution < -0.4 is 61.4 Å². The molecule has 0 bridgehead atoms. The van der Waals surface area contributed by atoms with Crippen molar-refractivity contribution in [2.45, 2.75) is 299 Å². The van der Waals surface area contributed by atoms with Crippen molar-refractivity contribution in [3.05, 3.63) is 179 Å². The number of benzene rings is 5. The number of ether oxygens (including phenoxy) is 7. The minimum atomic E-state index is -1.08. The molecule has 0 aromatic heterocycles. The number of hydrogen-bond donors (Lipinski definition) is 5. The molecule has 10 rings (SSSR count). The van der Waals surface area contributed by atoms with Gasteiger partial charge in [-0.3, -0.25) is 29.0 Å². The molecular formula is C111H177BCl2N10NaO24. The number of halogens is 2. The van der Waals surface area contributed by atoms with E-state index in [1.54, 1.807) is 28.1 Å². The van der Waals surface area contributed by atoms with Gasteiger partial charge < -0.3 is 88.6 Å². The first kappa shape index (κ1) is 144. The first-order valence-electron chi connectivity index (χ1n) is 51.1. The van der Waals surface area contributed by atoms with Crippen LogP contribution >= 0.6 is 24.8 Å². The molecule has 0 aliphatic carbocycles. The normalized spacial score (nSPS) is 14.9. The van der Waals surface area contributed by atoms with Crippen LogP contribution in [0.4, 0.5) is 19.2 Å². The zero-order valence-electron chi connectivity index (χ0n) is 93.1. The predicted molar refractivity (Wildman–Crippen MR) is 579 cm³/mol. The molecule has 5 saturated heterocycles. The van der Waals surface area contributed by atoms with E-state index in [0.717, 1.165) is 194 Å². The fraction of sp³-hybridized carbons (Fsp3) is 0.622. The molecule has 149 heavy (non-hydrogen) atoms. The number of Topliss-reactive ketones (excluding diaryl/α,β-unsaturated/α-hetero) is 1. The number of piperazine rings is 2. The van der Waals surface area contributed by atoms with Gasteiger partial charge in [-0.2, -0.15) is 0 Å². The quantitative estimate of drug-likeness (QED) is 0.00827.